The molecule has 0 aromatic heterocycles. The number of carbonyl (C=O) groups excluding carboxylic acids is 1. The van der Waals surface area contributed by atoms with Gasteiger partial charge in [-0.15, -0.1) is 0 Å². The number of carbonyl (C=O) groups is 1. The van der Waals surface area contributed by atoms with Crippen LogP contribution in [0, 0.1) is 0 Å². The zero-order chi connectivity index (χ0) is 20.7. The average Bonchev–Trinajstić information content (AvgIpc) is 2.82. The molecule has 4 aromatic carbocycles. The quantitative estimate of drug-likeness (QED) is 0.250. The Morgan fingerprint density at radius 3 is 1.29 bits per heavy atom. The number of benzene rings is 4. The molecule has 0 bridgehead atoms. The molecule has 0 aliphatic heterocycles. The predicted molar refractivity (Wildman–Crippen MR) is 130 cm³/mol. The highest BCUT2D eigenvalue weighted by atomic mass is 127. The Kier molecular flexibility index (Phi) is 8.57. The molecule has 1 nitrogen and oxygen atoms in total. The first-order valence-corrected chi connectivity index (χ1v) is 12.4. The number of hydrogen-bond acceptors (Lipinski definition) is 1. The largest absolute Gasteiger partial charge is 1.00 e. The standard InChI is InChI=1S/C28H26OP.HI/c29-25(23-24-13-5-1-6-14-24)21-22-30(26-15-7-2-8-16-26,27-17-9-3-10-18-27)28-19-11-4-12-20-28;/h1-20H,21-23H2;1H/q+1;/p-1. The van der Waals surface area contributed by atoms with Crippen molar-refractivity contribution in [1.29, 1.82) is 0 Å². The van der Waals surface area contributed by atoms with E-state index in [1.54, 1.807) is 0 Å². The molecule has 0 fully saturated rings. The van der Waals surface area contributed by atoms with Crippen molar-refractivity contribution in [3.63, 3.8) is 0 Å². The molecule has 0 N–H and O–H groups in total. The van der Waals surface area contributed by atoms with Crippen LogP contribution in [-0.2, 0) is 11.2 Å². The van der Waals surface area contributed by atoms with Crippen LogP contribution in [0.1, 0.15) is 12.0 Å². The van der Waals surface area contributed by atoms with Crippen LogP contribution in [0.2, 0.25) is 0 Å². The summed E-state index contributed by atoms with van der Waals surface area (Å²) in [4.78, 5) is 13.0. The van der Waals surface area contributed by atoms with Gasteiger partial charge in [0, 0.05) is 12.8 Å². The molecule has 0 saturated heterocycles. The Labute approximate surface area is 202 Å². The lowest BCUT2D eigenvalue weighted by atomic mass is 10.1. The van der Waals surface area contributed by atoms with Crippen molar-refractivity contribution >= 4 is 29.0 Å². The van der Waals surface area contributed by atoms with Crippen molar-refractivity contribution in [3.8, 4) is 0 Å². The molecule has 3 heteroatoms. The molecule has 31 heavy (non-hydrogen) atoms. The summed E-state index contributed by atoms with van der Waals surface area (Å²) in [6, 6.07) is 42.3. The zero-order valence-corrected chi connectivity index (χ0v) is 20.5. The van der Waals surface area contributed by atoms with Crippen molar-refractivity contribution in [2.45, 2.75) is 12.8 Å². The van der Waals surface area contributed by atoms with E-state index in [9.17, 15) is 4.79 Å². The molecule has 0 heterocycles. The molecule has 0 unspecified atom stereocenters. The van der Waals surface area contributed by atoms with Crippen LogP contribution in [0.4, 0.5) is 0 Å². The van der Waals surface area contributed by atoms with E-state index in [2.05, 4.69) is 91.0 Å². The van der Waals surface area contributed by atoms with Crippen LogP contribution in [0.15, 0.2) is 121 Å². The first-order valence-electron chi connectivity index (χ1n) is 10.4. The molecule has 0 aliphatic rings. The number of rotatable bonds is 8. The second-order valence-electron chi connectivity index (χ2n) is 7.49. The van der Waals surface area contributed by atoms with E-state index in [-0.39, 0.29) is 24.0 Å². The highest BCUT2D eigenvalue weighted by Crippen LogP contribution is 2.55. The third-order valence-corrected chi connectivity index (χ3v) is 9.99. The first kappa shape index (κ1) is 23.4. The second-order valence-corrected chi connectivity index (χ2v) is 11.1. The summed E-state index contributed by atoms with van der Waals surface area (Å²) in [5, 5.41) is 3.99. The van der Waals surface area contributed by atoms with E-state index in [1.165, 1.54) is 15.9 Å². The molecule has 0 saturated carbocycles. The Balaban J connectivity index is 0.00000272. The monoisotopic (exact) mass is 536 g/mol. The maximum absolute atomic E-state index is 13.0. The summed E-state index contributed by atoms with van der Waals surface area (Å²) in [7, 11) is -1.93. The molecular formula is C28H26IOP. The fourth-order valence-electron chi connectivity index (χ4n) is 4.09. The van der Waals surface area contributed by atoms with Crippen molar-refractivity contribution in [2.75, 3.05) is 6.16 Å². The van der Waals surface area contributed by atoms with Crippen LogP contribution in [0.25, 0.3) is 0 Å². The van der Waals surface area contributed by atoms with Gasteiger partial charge in [0.25, 0.3) is 0 Å². The smallest absolute Gasteiger partial charge is 0.140 e. The molecule has 0 radical (unpaired) electrons. The Morgan fingerprint density at radius 2 is 0.903 bits per heavy atom. The van der Waals surface area contributed by atoms with Gasteiger partial charge in [-0.3, -0.25) is 4.79 Å². The van der Waals surface area contributed by atoms with E-state index in [4.69, 9.17) is 0 Å². The number of ketones is 1. The highest BCUT2D eigenvalue weighted by molar-refractivity contribution is 7.95. The van der Waals surface area contributed by atoms with Crippen LogP contribution < -0.4 is 39.9 Å². The fourth-order valence-corrected chi connectivity index (χ4v) is 8.38. The Hall–Kier alpha value is -2.29. The minimum atomic E-state index is -1.93. The Bertz CT molecular complexity index is 970. The number of Topliss-reactive ketones (excluding diaryl/α,β-unsaturated/α-hetero) is 1. The maximum Gasteiger partial charge on any atom is 0.140 e. The minimum Gasteiger partial charge on any atom is -1.00 e. The van der Waals surface area contributed by atoms with Gasteiger partial charge in [-0.1, -0.05) is 84.9 Å². The molecule has 4 rings (SSSR count). The number of hydrogen-bond donors (Lipinski definition) is 0. The predicted octanol–water partition coefficient (Wildman–Crippen LogP) is 2.19. The third kappa shape index (κ3) is 5.50. The Morgan fingerprint density at radius 1 is 0.548 bits per heavy atom. The van der Waals surface area contributed by atoms with Crippen molar-refractivity contribution in [3.05, 3.63) is 127 Å². The van der Waals surface area contributed by atoms with Crippen LogP contribution in [0.3, 0.4) is 0 Å². The molecule has 4 aromatic rings. The van der Waals surface area contributed by atoms with Gasteiger partial charge in [-0.05, 0) is 42.0 Å². The summed E-state index contributed by atoms with van der Waals surface area (Å²) in [6.07, 6.45) is 1.91. The van der Waals surface area contributed by atoms with Gasteiger partial charge in [-0.2, -0.15) is 0 Å². The topological polar surface area (TPSA) is 17.1 Å². The van der Waals surface area contributed by atoms with E-state index in [1.807, 2.05) is 30.3 Å². The first-order chi connectivity index (χ1) is 14.8. The van der Waals surface area contributed by atoms with Gasteiger partial charge < -0.3 is 24.0 Å². The summed E-state index contributed by atoms with van der Waals surface area (Å²) in [5.74, 6) is 0.299. The van der Waals surface area contributed by atoms with E-state index in [0.717, 1.165) is 11.7 Å². The lowest BCUT2D eigenvalue weighted by Gasteiger charge is -2.27. The fraction of sp³-hybridized carbons (Fsp3) is 0.107. The van der Waals surface area contributed by atoms with Crippen molar-refractivity contribution < 1.29 is 28.8 Å². The van der Waals surface area contributed by atoms with Gasteiger partial charge in [0.15, 0.2) is 0 Å². The lowest BCUT2D eigenvalue weighted by molar-refractivity contribution is -0.118. The van der Waals surface area contributed by atoms with Crippen LogP contribution in [0.5, 0.6) is 0 Å². The van der Waals surface area contributed by atoms with Crippen molar-refractivity contribution in [2.24, 2.45) is 0 Å². The van der Waals surface area contributed by atoms with E-state index >= 15 is 0 Å². The lowest BCUT2D eigenvalue weighted by Crippen LogP contribution is -3.00. The number of halogens is 1. The van der Waals surface area contributed by atoms with Gasteiger partial charge in [-0.25, -0.2) is 0 Å². The van der Waals surface area contributed by atoms with E-state index < -0.39 is 7.26 Å². The summed E-state index contributed by atoms with van der Waals surface area (Å²) < 4.78 is 0. The normalized spacial score (nSPS) is 10.8. The van der Waals surface area contributed by atoms with Crippen LogP contribution >= 0.6 is 7.26 Å². The van der Waals surface area contributed by atoms with E-state index in [0.29, 0.717) is 18.6 Å². The molecular weight excluding hydrogens is 510 g/mol. The second kappa shape index (κ2) is 11.4. The summed E-state index contributed by atoms with van der Waals surface area (Å²) in [5.41, 5.74) is 1.09. The van der Waals surface area contributed by atoms with Crippen molar-refractivity contribution in [1.82, 2.24) is 0 Å². The average molecular weight is 536 g/mol. The van der Waals surface area contributed by atoms with Gasteiger partial charge >= 0.3 is 0 Å². The third-order valence-electron chi connectivity index (χ3n) is 5.56. The van der Waals surface area contributed by atoms with Crippen LogP contribution in [-0.4, -0.2) is 11.9 Å². The molecule has 0 aliphatic carbocycles. The van der Waals surface area contributed by atoms with Gasteiger partial charge in [0.1, 0.15) is 29.0 Å². The summed E-state index contributed by atoms with van der Waals surface area (Å²) >= 11 is 0. The maximum atomic E-state index is 13.0. The molecule has 156 valence electrons. The van der Waals surface area contributed by atoms with Gasteiger partial charge in [0.2, 0.25) is 0 Å². The molecule has 0 amide bonds. The molecule has 0 atom stereocenters. The summed E-state index contributed by atoms with van der Waals surface area (Å²) in [6.45, 7) is 0. The highest BCUT2D eigenvalue weighted by Gasteiger charge is 2.45. The van der Waals surface area contributed by atoms with Gasteiger partial charge in [0.05, 0.1) is 6.16 Å². The SMILES string of the molecule is O=C(CC[P+](c1ccccc1)(c1ccccc1)c1ccccc1)Cc1ccccc1.[I-]. The minimum absolute atomic E-state index is 0. The zero-order valence-electron chi connectivity index (χ0n) is 17.4. The molecule has 0 spiro atoms.